The van der Waals surface area contributed by atoms with Crippen molar-refractivity contribution in [1.82, 2.24) is 0 Å². The van der Waals surface area contributed by atoms with E-state index in [1.165, 1.54) is 18.6 Å². The Labute approximate surface area is 119 Å². The molecule has 20 heavy (non-hydrogen) atoms. The average molecular weight is 279 g/mol. The van der Waals surface area contributed by atoms with Crippen molar-refractivity contribution in [3.05, 3.63) is 29.6 Å². The zero-order chi connectivity index (χ0) is 14.0. The quantitative estimate of drug-likeness (QED) is 0.921. The highest BCUT2D eigenvalue weighted by Crippen LogP contribution is 2.43. The molecule has 1 saturated carbocycles. The van der Waals surface area contributed by atoms with Crippen LogP contribution >= 0.6 is 0 Å². The summed E-state index contributed by atoms with van der Waals surface area (Å²) < 4.78 is 25.3. The molecular weight excluding hydrogens is 257 g/mol. The summed E-state index contributed by atoms with van der Waals surface area (Å²) in [7, 11) is 0. The fourth-order valence-electron chi connectivity index (χ4n) is 3.20. The minimum absolute atomic E-state index is 0.0664. The van der Waals surface area contributed by atoms with E-state index in [9.17, 15) is 4.39 Å². The summed E-state index contributed by atoms with van der Waals surface area (Å²) in [6, 6.07) is 4.71. The molecule has 1 heterocycles. The van der Waals surface area contributed by atoms with Gasteiger partial charge in [-0.1, -0.05) is 0 Å². The van der Waals surface area contributed by atoms with E-state index in [0.29, 0.717) is 13.0 Å². The van der Waals surface area contributed by atoms with Crippen LogP contribution in [0.4, 0.5) is 4.39 Å². The molecule has 2 N–H and O–H groups in total. The second-order valence-corrected chi connectivity index (χ2v) is 5.91. The molecule has 1 aliphatic heterocycles. The van der Waals surface area contributed by atoms with Crippen molar-refractivity contribution < 1.29 is 13.9 Å². The largest absolute Gasteiger partial charge is 0.490 e. The van der Waals surface area contributed by atoms with Crippen molar-refractivity contribution in [3.8, 4) is 5.75 Å². The van der Waals surface area contributed by atoms with Gasteiger partial charge in [-0.2, -0.15) is 0 Å². The Bertz CT molecular complexity index is 474. The van der Waals surface area contributed by atoms with Crippen LogP contribution in [0.1, 0.15) is 37.7 Å². The van der Waals surface area contributed by atoms with Gasteiger partial charge in [0.1, 0.15) is 17.7 Å². The molecule has 2 aliphatic rings. The number of halogens is 1. The molecule has 1 saturated heterocycles. The minimum atomic E-state index is -0.233. The van der Waals surface area contributed by atoms with Crippen LogP contribution in [0.3, 0.4) is 0 Å². The normalized spacial score (nSPS) is 24.4. The third-order valence-electron chi connectivity index (χ3n) is 4.44. The molecule has 3 nitrogen and oxygen atoms in total. The maximum atomic E-state index is 13.3. The number of nitrogens with two attached hydrogens (primary N) is 1. The predicted octanol–water partition coefficient (Wildman–Crippen LogP) is 2.81. The van der Waals surface area contributed by atoms with Crippen LogP contribution in [-0.4, -0.2) is 24.9 Å². The average Bonchev–Trinajstić information content (AvgIpc) is 2.41. The first-order valence-corrected chi connectivity index (χ1v) is 7.50. The molecule has 1 atom stereocenters. The van der Waals surface area contributed by atoms with Gasteiger partial charge in [0.05, 0.1) is 12.2 Å². The Morgan fingerprint density at radius 3 is 2.95 bits per heavy atom. The molecule has 1 spiro atoms. The first kappa shape index (κ1) is 13.8. The smallest absolute Gasteiger partial charge is 0.123 e. The summed E-state index contributed by atoms with van der Waals surface area (Å²) in [5.74, 6) is 0.543. The molecule has 0 amide bonds. The maximum absolute atomic E-state index is 13.3. The summed E-state index contributed by atoms with van der Waals surface area (Å²) in [5, 5.41) is 0. The Morgan fingerprint density at radius 2 is 2.25 bits per heavy atom. The van der Waals surface area contributed by atoms with E-state index >= 15 is 0 Å². The lowest BCUT2D eigenvalue weighted by Crippen LogP contribution is -2.48. The molecule has 3 rings (SSSR count). The lowest BCUT2D eigenvalue weighted by molar-refractivity contribution is -0.153. The van der Waals surface area contributed by atoms with E-state index in [1.807, 2.05) is 0 Å². The Morgan fingerprint density at radius 1 is 1.40 bits per heavy atom. The van der Waals surface area contributed by atoms with Gasteiger partial charge in [-0.15, -0.1) is 0 Å². The second kappa shape index (κ2) is 5.70. The number of ether oxygens (including phenoxy) is 2. The number of hydrogen-bond donors (Lipinski definition) is 1. The van der Waals surface area contributed by atoms with Crippen molar-refractivity contribution in [2.24, 2.45) is 5.73 Å². The van der Waals surface area contributed by atoms with Gasteiger partial charge >= 0.3 is 0 Å². The summed E-state index contributed by atoms with van der Waals surface area (Å²) in [6.07, 6.45) is 6.21. The molecule has 1 unspecified atom stereocenters. The van der Waals surface area contributed by atoms with Crippen molar-refractivity contribution in [3.63, 3.8) is 0 Å². The summed E-state index contributed by atoms with van der Waals surface area (Å²) in [5.41, 5.74) is 6.52. The van der Waals surface area contributed by atoms with E-state index in [0.717, 1.165) is 43.6 Å². The van der Waals surface area contributed by atoms with Crippen molar-refractivity contribution in [2.75, 3.05) is 13.2 Å². The van der Waals surface area contributed by atoms with Crippen molar-refractivity contribution >= 4 is 0 Å². The molecule has 1 aromatic carbocycles. The molecule has 0 aromatic heterocycles. The standard InChI is InChI=1S/C16H22FNO2/c17-13-2-3-15(12(10-13)4-8-18)20-14-5-9-19-16(11-14)6-1-7-16/h2-3,10,14H,1,4-9,11,18H2. The van der Waals surface area contributed by atoms with E-state index in [2.05, 4.69) is 0 Å². The fraction of sp³-hybridized carbons (Fsp3) is 0.625. The fourth-order valence-corrected chi connectivity index (χ4v) is 3.20. The highest BCUT2D eigenvalue weighted by Gasteiger charge is 2.43. The van der Waals surface area contributed by atoms with Gasteiger partial charge < -0.3 is 15.2 Å². The molecule has 0 bridgehead atoms. The van der Waals surface area contributed by atoms with E-state index in [4.69, 9.17) is 15.2 Å². The van der Waals surface area contributed by atoms with E-state index in [1.54, 1.807) is 6.07 Å². The Hall–Kier alpha value is -1.13. The first-order valence-electron chi connectivity index (χ1n) is 7.50. The zero-order valence-electron chi connectivity index (χ0n) is 11.7. The minimum Gasteiger partial charge on any atom is -0.490 e. The van der Waals surface area contributed by atoms with Crippen LogP contribution in [0.2, 0.25) is 0 Å². The Balaban J connectivity index is 1.70. The van der Waals surface area contributed by atoms with Crippen LogP contribution in [0, 0.1) is 5.82 Å². The molecule has 0 radical (unpaired) electrons. The van der Waals surface area contributed by atoms with Gasteiger partial charge in [-0.3, -0.25) is 0 Å². The van der Waals surface area contributed by atoms with Crippen molar-refractivity contribution in [1.29, 1.82) is 0 Å². The molecular formula is C16H22FNO2. The van der Waals surface area contributed by atoms with Crippen LogP contribution in [-0.2, 0) is 11.2 Å². The third kappa shape index (κ3) is 2.81. The third-order valence-corrected chi connectivity index (χ3v) is 4.44. The van der Waals surface area contributed by atoms with Gasteiger partial charge in [0, 0.05) is 12.8 Å². The van der Waals surface area contributed by atoms with Crippen LogP contribution in [0.25, 0.3) is 0 Å². The first-order chi connectivity index (χ1) is 9.71. The lowest BCUT2D eigenvalue weighted by Gasteiger charge is -2.47. The van der Waals surface area contributed by atoms with Crippen LogP contribution < -0.4 is 10.5 Å². The molecule has 4 heteroatoms. The van der Waals surface area contributed by atoms with Gasteiger partial charge in [0.15, 0.2) is 0 Å². The monoisotopic (exact) mass is 279 g/mol. The number of benzene rings is 1. The summed E-state index contributed by atoms with van der Waals surface area (Å²) in [4.78, 5) is 0. The summed E-state index contributed by atoms with van der Waals surface area (Å²) in [6.45, 7) is 1.26. The SMILES string of the molecule is NCCc1cc(F)ccc1OC1CCOC2(CCC2)C1. The predicted molar refractivity (Wildman–Crippen MR) is 75.3 cm³/mol. The molecule has 1 aromatic rings. The Kier molecular flexibility index (Phi) is 3.94. The van der Waals surface area contributed by atoms with Crippen LogP contribution in [0.15, 0.2) is 18.2 Å². The summed E-state index contributed by atoms with van der Waals surface area (Å²) >= 11 is 0. The van der Waals surface area contributed by atoms with E-state index in [-0.39, 0.29) is 17.5 Å². The highest BCUT2D eigenvalue weighted by atomic mass is 19.1. The van der Waals surface area contributed by atoms with E-state index < -0.39 is 0 Å². The maximum Gasteiger partial charge on any atom is 0.123 e. The molecule has 2 fully saturated rings. The van der Waals surface area contributed by atoms with Gasteiger partial charge in [0.2, 0.25) is 0 Å². The van der Waals surface area contributed by atoms with Crippen LogP contribution in [0.5, 0.6) is 5.75 Å². The number of rotatable bonds is 4. The highest BCUT2D eigenvalue weighted by molar-refractivity contribution is 5.34. The van der Waals surface area contributed by atoms with Gasteiger partial charge in [-0.25, -0.2) is 4.39 Å². The van der Waals surface area contributed by atoms with Gasteiger partial charge in [0.25, 0.3) is 0 Å². The zero-order valence-corrected chi connectivity index (χ0v) is 11.7. The van der Waals surface area contributed by atoms with Gasteiger partial charge in [-0.05, 0) is 56.0 Å². The lowest BCUT2D eigenvalue weighted by atomic mass is 9.74. The number of hydrogen-bond acceptors (Lipinski definition) is 3. The second-order valence-electron chi connectivity index (χ2n) is 5.91. The molecule has 1 aliphatic carbocycles. The van der Waals surface area contributed by atoms with Crippen molar-refractivity contribution in [2.45, 2.75) is 50.2 Å². The molecule has 110 valence electrons. The topological polar surface area (TPSA) is 44.5 Å².